The zero-order chi connectivity index (χ0) is 10.0. The third-order valence-corrected chi connectivity index (χ3v) is 3.51. The fourth-order valence-electron chi connectivity index (χ4n) is 1.65. The Balaban J connectivity index is 1.86. The standard InChI is InChI=1S/C8H11F2N3S/c9-8(10)3-1-2-6(8)4-14-7-11-5-12-13-7/h5-6H,1-4H2,(H,11,12,13). The van der Waals surface area contributed by atoms with Crippen LogP contribution in [0, 0.1) is 5.92 Å². The van der Waals surface area contributed by atoms with E-state index in [1.54, 1.807) is 0 Å². The maximum Gasteiger partial charge on any atom is 0.251 e. The summed E-state index contributed by atoms with van der Waals surface area (Å²) in [4.78, 5) is 3.88. The van der Waals surface area contributed by atoms with Crippen LogP contribution in [0.25, 0.3) is 0 Å². The molecule has 3 nitrogen and oxygen atoms in total. The van der Waals surface area contributed by atoms with Crippen LogP contribution in [0.2, 0.25) is 0 Å². The molecule has 78 valence electrons. The molecule has 1 heterocycles. The maximum atomic E-state index is 13.2. The van der Waals surface area contributed by atoms with Gasteiger partial charge in [-0.05, 0) is 12.8 Å². The van der Waals surface area contributed by atoms with Crippen LogP contribution < -0.4 is 0 Å². The van der Waals surface area contributed by atoms with Crippen molar-refractivity contribution in [2.24, 2.45) is 5.92 Å². The molecule has 1 N–H and O–H groups in total. The first-order valence-corrected chi connectivity index (χ1v) is 5.53. The molecule has 14 heavy (non-hydrogen) atoms. The number of nitrogens with one attached hydrogen (secondary N) is 1. The van der Waals surface area contributed by atoms with Gasteiger partial charge in [0.1, 0.15) is 6.33 Å². The van der Waals surface area contributed by atoms with Crippen LogP contribution in [0.5, 0.6) is 0 Å². The van der Waals surface area contributed by atoms with Crippen molar-refractivity contribution in [3.8, 4) is 0 Å². The SMILES string of the molecule is FC1(F)CCCC1CSc1ncn[nH]1. The molecular weight excluding hydrogens is 208 g/mol. The highest BCUT2D eigenvalue weighted by atomic mass is 32.2. The van der Waals surface area contributed by atoms with Crippen LogP contribution in [-0.2, 0) is 0 Å². The summed E-state index contributed by atoms with van der Waals surface area (Å²) in [6, 6.07) is 0. The van der Waals surface area contributed by atoms with E-state index in [-0.39, 0.29) is 6.42 Å². The van der Waals surface area contributed by atoms with Crippen molar-refractivity contribution < 1.29 is 8.78 Å². The molecule has 1 aliphatic rings. The first kappa shape index (κ1) is 9.89. The second-order valence-corrected chi connectivity index (χ2v) is 4.46. The Morgan fingerprint density at radius 3 is 3.07 bits per heavy atom. The number of hydrogen-bond donors (Lipinski definition) is 1. The van der Waals surface area contributed by atoms with Gasteiger partial charge in [-0.15, -0.1) is 0 Å². The Labute approximate surface area is 84.7 Å². The predicted octanol–water partition coefficient (Wildman–Crippen LogP) is 2.33. The summed E-state index contributed by atoms with van der Waals surface area (Å²) in [6.07, 6.45) is 2.67. The molecule has 0 aromatic carbocycles. The Morgan fingerprint density at radius 1 is 1.64 bits per heavy atom. The first-order chi connectivity index (χ1) is 6.68. The smallest absolute Gasteiger partial charge is 0.251 e. The van der Waals surface area contributed by atoms with Crippen molar-refractivity contribution in [3.63, 3.8) is 0 Å². The van der Waals surface area contributed by atoms with Gasteiger partial charge in [0.15, 0.2) is 5.16 Å². The molecule has 6 heteroatoms. The largest absolute Gasteiger partial charge is 0.254 e. The zero-order valence-electron chi connectivity index (χ0n) is 7.54. The molecule has 1 saturated carbocycles. The van der Waals surface area contributed by atoms with Crippen molar-refractivity contribution in [2.75, 3.05) is 5.75 Å². The molecule has 0 saturated heterocycles. The summed E-state index contributed by atoms with van der Waals surface area (Å²) in [5.41, 5.74) is 0. The summed E-state index contributed by atoms with van der Waals surface area (Å²) in [5, 5.41) is 6.92. The van der Waals surface area contributed by atoms with Gasteiger partial charge in [-0.2, -0.15) is 5.10 Å². The molecule has 0 aliphatic heterocycles. The molecule has 0 bridgehead atoms. The number of rotatable bonds is 3. The van der Waals surface area contributed by atoms with Crippen LogP contribution in [0.3, 0.4) is 0 Å². The number of halogens is 2. The van der Waals surface area contributed by atoms with E-state index in [1.807, 2.05) is 0 Å². The van der Waals surface area contributed by atoms with Crippen molar-refractivity contribution in [2.45, 2.75) is 30.3 Å². The van der Waals surface area contributed by atoms with Gasteiger partial charge in [-0.25, -0.2) is 13.8 Å². The normalized spacial score (nSPS) is 25.4. The Bertz CT molecular complexity index is 289. The lowest BCUT2D eigenvalue weighted by atomic mass is 10.1. The third kappa shape index (κ3) is 2.05. The van der Waals surface area contributed by atoms with Gasteiger partial charge in [-0.1, -0.05) is 11.8 Å². The van der Waals surface area contributed by atoms with E-state index in [1.165, 1.54) is 18.1 Å². The molecule has 2 rings (SSSR count). The fraction of sp³-hybridized carbons (Fsp3) is 0.750. The summed E-state index contributed by atoms with van der Waals surface area (Å²) in [5.74, 6) is -2.56. The average Bonchev–Trinajstić information content (AvgIpc) is 2.71. The monoisotopic (exact) mass is 219 g/mol. The van der Waals surface area contributed by atoms with E-state index in [0.717, 1.165) is 0 Å². The molecule has 1 aliphatic carbocycles. The Morgan fingerprint density at radius 2 is 2.50 bits per heavy atom. The second kappa shape index (κ2) is 3.84. The van der Waals surface area contributed by atoms with Crippen LogP contribution in [0.1, 0.15) is 19.3 Å². The molecule has 1 aromatic rings. The number of aromatic amines is 1. The van der Waals surface area contributed by atoms with E-state index < -0.39 is 11.8 Å². The average molecular weight is 219 g/mol. The second-order valence-electron chi connectivity index (χ2n) is 3.45. The van der Waals surface area contributed by atoms with Crippen molar-refractivity contribution in [3.05, 3.63) is 6.33 Å². The molecule has 1 unspecified atom stereocenters. The molecule has 1 atom stereocenters. The van der Waals surface area contributed by atoms with Crippen molar-refractivity contribution in [1.29, 1.82) is 0 Å². The summed E-state index contributed by atoms with van der Waals surface area (Å²) in [7, 11) is 0. The number of alkyl halides is 2. The number of nitrogens with zero attached hydrogens (tertiary/aromatic N) is 2. The van der Waals surface area contributed by atoms with Gasteiger partial charge < -0.3 is 0 Å². The van der Waals surface area contributed by atoms with Gasteiger partial charge >= 0.3 is 0 Å². The first-order valence-electron chi connectivity index (χ1n) is 4.54. The van der Waals surface area contributed by atoms with Crippen LogP contribution in [0.4, 0.5) is 8.78 Å². The van der Waals surface area contributed by atoms with Crippen LogP contribution >= 0.6 is 11.8 Å². The highest BCUT2D eigenvalue weighted by Crippen LogP contribution is 2.42. The van der Waals surface area contributed by atoms with Crippen molar-refractivity contribution >= 4 is 11.8 Å². The number of H-pyrrole nitrogens is 1. The minimum atomic E-state index is -2.48. The Hall–Kier alpha value is -0.650. The topological polar surface area (TPSA) is 41.6 Å². The van der Waals surface area contributed by atoms with E-state index in [0.29, 0.717) is 23.8 Å². The minimum absolute atomic E-state index is 0.0363. The number of hydrogen-bond acceptors (Lipinski definition) is 3. The summed E-state index contributed by atoms with van der Waals surface area (Å²) >= 11 is 1.32. The molecular formula is C8H11F2N3S. The maximum absolute atomic E-state index is 13.2. The highest BCUT2D eigenvalue weighted by Gasteiger charge is 2.43. The number of aromatic nitrogens is 3. The number of thioether (sulfide) groups is 1. The lowest BCUT2D eigenvalue weighted by Crippen LogP contribution is -2.23. The Kier molecular flexibility index (Phi) is 2.71. The van der Waals surface area contributed by atoms with Gasteiger partial charge in [0.2, 0.25) is 0 Å². The lowest BCUT2D eigenvalue weighted by molar-refractivity contribution is -0.0282. The van der Waals surface area contributed by atoms with E-state index in [2.05, 4.69) is 15.2 Å². The highest BCUT2D eigenvalue weighted by molar-refractivity contribution is 7.99. The van der Waals surface area contributed by atoms with Gasteiger partial charge in [0.25, 0.3) is 5.92 Å². The molecule has 1 fully saturated rings. The van der Waals surface area contributed by atoms with Gasteiger partial charge in [0.05, 0.1) is 0 Å². The zero-order valence-corrected chi connectivity index (χ0v) is 8.36. The fourth-order valence-corrected chi connectivity index (χ4v) is 2.66. The van der Waals surface area contributed by atoms with E-state index >= 15 is 0 Å². The molecule has 0 radical (unpaired) electrons. The van der Waals surface area contributed by atoms with Crippen LogP contribution in [-0.4, -0.2) is 26.9 Å². The van der Waals surface area contributed by atoms with Crippen molar-refractivity contribution in [1.82, 2.24) is 15.2 Å². The molecule has 0 spiro atoms. The molecule has 1 aromatic heterocycles. The quantitative estimate of drug-likeness (QED) is 0.793. The predicted molar refractivity (Wildman–Crippen MR) is 49.4 cm³/mol. The minimum Gasteiger partial charge on any atom is -0.254 e. The van der Waals surface area contributed by atoms with Gasteiger partial charge in [-0.3, -0.25) is 5.10 Å². The van der Waals surface area contributed by atoms with E-state index in [4.69, 9.17) is 0 Å². The van der Waals surface area contributed by atoms with E-state index in [9.17, 15) is 8.78 Å². The summed E-state index contributed by atoms with van der Waals surface area (Å²) in [6.45, 7) is 0. The molecule has 0 amide bonds. The van der Waals surface area contributed by atoms with Gasteiger partial charge in [0, 0.05) is 18.1 Å². The third-order valence-electron chi connectivity index (χ3n) is 2.47. The summed E-state index contributed by atoms with van der Waals surface area (Å²) < 4.78 is 26.4. The lowest BCUT2D eigenvalue weighted by Gasteiger charge is -2.17. The van der Waals surface area contributed by atoms with Crippen LogP contribution in [0.15, 0.2) is 11.5 Å².